The lowest BCUT2D eigenvalue weighted by molar-refractivity contribution is 0.115. The molecule has 4 rings (SSSR count). The fourth-order valence-corrected chi connectivity index (χ4v) is 4.69. The molecule has 1 aliphatic carbocycles. The highest BCUT2D eigenvalue weighted by atomic mass is 16.5. The van der Waals surface area contributed by atoms with E-state index in [1.54, 1.807) is 6.33 Å². The molecule has 0 saturated carbocycles. The molecule has 3 heterocycles. The van der Waals surface area contributed by atoms with E-state index in [1.165, 1.54) is 0 Å². The average Bonchev–Trinajstić information content (AvgIpc) is 3.25. The molecule has 0 bridgehead atoms. The maximum Gasteiger partial charge on any atom is 0.317 e. The quantitative estimate of drug-likeness (QED) is 0.542. The molecule has 190 valence electrons. The number of nitrogens with one attached hydrogen (secondary N) is 2. The van der Waals surface area contributed by atoms with Crippen LogP contribution < -0.4 is 5.32 Å². The zero-order valence-electron chi connectivity index (χ0n) is 21.3. The molecule has 2 amide bonds. The first-order chi connectivity index (χ1) is 17.0. The van der Waals surface area contributed by atoms with E-state index in [1.807, 2.05) is 30.2 Å². The van der Waals surface area contributed by atoms with Crippen molar-refractivity contribution >= 4 is 17.1 Å². The van der Waals surface area contributed by atoms with Gasteiger partial charge in [-0.3, -0.25) is 4.90 Å². The van der Waals surface area contributed by atoms with Crippen LogP contribution in [0.4, 0.5) is 4.79 Å². The number of fused-ring (bicyclic) bond motifs is 1. The summed E-state index contributed by atoms with van der Waals surface area (Å²) in [7, 11) is 2.17. The molecule has 2 aromatic rings. The van der Waals surface area contributed by atoms with Gasteiger partial charge >= 0.3 is 6.03 Å². The van der Waals surface area contributed by atoms with Crippen LogP contribution in [0, 0.1) is 6.92 Å². The minimum Gasteiger partial charge on any atom is -0.493 e. The van der Waals surface area contributed by atoms with Crippen molar-refractivity contribution in [1.29, 1.82) is 0 Å². The third-order valence-electron chi connectivity index (χ3n) is 6.87. The van der Waals surface area contributed by atoms with Crippen LogP contribution in [-0.4, -0.2) is 101 Å². The van der Waals surface area contributed by atoms with Crippen LogP contribution in [0.1, 0.15) is 31.0 Å². The third kappa shape index (κ3) is 6.82. The van der Waals surface area contributed by atoms with E-state index in [4.69, 9.17) is 4.74 Å². The zero-order chi connectivity index (χ0) is 24.6. The highest BCUT2D eigenvalue weighted by molar-refractivity contribution is 5.81. The molecule has 0 aromatic carbocycles. The number of allylic oxidation sites excluding steroid dienone is 1. The Morgan fingerprint density at radius 3 is 2.91 bits per heavy atom. The van der Waals surface area contributed by atoms with E-state index in [0.29, 0.717) is 19.7 Å². The first kappa shape index (κ1) is 25.2. The number of aryl methyl sites for hydroxylation is 2. The summed E-state index contributed by atoms with van der Waals surface area (Å²) in [6, 6.07) is -0.0873. The van der Waals surface area contributed by atoms with Crippen molar-refractivity contribution < 1.29 is 9.53 Å². The summed E-state index contributed by atoms with van der Waals surface area (Å²) in [5.74, 6) is 0.841. The molecule has 35 heavy (non-hydrogen) atoms. The van der Waals surface area contributed by atoms with Gasteiger partial charge in [0.2, 0.25) is 0 Å². The van der Waals surface area contributed by atoms with Crippen molar-refractivity contribution in [2.24, 2.45) is 0 Å². The molecule has 2 aliphatic rings. The second-order valence-corrected chi connectivity index (χ2v) is 9.46. The van der Waals surface area contributed by atoms with Crippen molar-refractivity contribution in [1.82, 2.24) is 35.0 Å². The minimum absolute atomic E-state index is 0.0357. The van der Waals surface area contributed by atoms with Gasteiger partial charge in [0, 0.05) is 57.4 Å². The van der Waals surface area contributed by atoms with E-state index in [0.717, 1.165) is 80.0 Å². The molecule has 1 unspecified atom stereocenters. The van der Waals surface area contributed by atoms with Crippen molar-refractivity contribution in [3.63, 3.8) is 0 Å². The van der Waals surface area contributed by atoms with Gasteiger partial charge in [-0.15, -0.1) is 0 Å². The van der Waals surface area contributed by atoms with E-state index < -0.39 is 0 Å². The second kappa shape index (κ2) is 12.2. The van der Waals surface area contributed by atoms with E-state index >= 15 is 0 Å². The second-order valence-electron chi connectivity index (χ2n) is 9.46. The number of carbonyl (C=O) groups excluding carboxylic acids is 1. The number of hydrogen-bond acceptors (Lipinski definition) is 6. The van der Waals surface area contributed by atoms with Gasteiger partial charge in [0.25, 0.3) is 0 Å². The Morgan fingerprint density at radius 1 is 1.29 bits per heavy atom. The highest BCUT2D eigenvalue weighted by Crippen LogP contribution is 2.19. The highest BCUT2D eigenvalue weighted by Gasteiger charge is 2.18. The molecule has 0 radical (unpaired) electrons. The number of nitrogens with zero attached hydrogens (tertiary/aromatic N) is 5. The van der Waals surface area contributed by atoms with Crippen LogP contribution in [0.15, 0.2) is 36.5 Å². The number of urea groups is 1. The Bertz CT molecular complexity index is 1040. The summed E-state index contributed by atoms with van der Waals surface area (Å²) < 4.78 is 6.00. The van der Waals surface area contributed by atoms with Crippen molar-refractivity contribution in [3.8, 4) is 0 Å². The normalized spacial score (nSPS) is 19.1. The molecular formula is C26H39N7O2. The average molecular weight is 482 g/mol. The largest absolute Gasteiger partial charge is 0.493 e. The maximum absolute atomic E-state index is 12.9. The molecule has 9 heteroatoms. The van der Waals surface area contributed by atoms with Crippen molar-refractivity contribution in [3.05, 3.63) is 47.8 Å². The number of carbonyl (C=O) groups is 1. The standard InChI is InChI=1S/C26H39N7O2/c1-4-33(10-6-9-23-24-20(2)18-27-25(24)29-19-28-23)26(34)30-21-7-5-8-22(17-21)35-16-15-32-13-11-31(3)12-14-32/h5,8,17-19,21H,4,6-7,9-16H2,1-3H3,(H,30,34)(H,27,28,29). The van der Waals surface area contributed by atoms with Crippen LogP contribution >= 0.6 is 0 Å². The molecule has 2 aromatic heterocycles. The summed E-state index contributed by atoms with van der Waals surface area (Å²) >= 11 is 0. The Labute approximate surface area is 208 Å². The summed E-state index contributed by atoms with van der Waals surface area (Å²) in [4.78, 5) is 31.6. The summed E-state index contributed by atoms with van der Waals surface area (Å²) in [6.07, 6.45) is 12.1. The number of ether oxygens (including phenoxy) is 1. The summed E-state index contributed by atoms with van der Waals surface area (Å²) in [5.41, 5.74) is 3.06. The number of hydrogen-bond donors (Lipinski definition) is 2. The first-order valence-corrected chi connectivity index (χ1v) is 12.8. The third-order valence-corrected chi connectivity index (χ3v) is 6.87. The van der Waals surface area contributed by atoms with Gasteiger partial charge in [-0.05, 0) is 57.9 Å². The van der Waals surface area contributed by atoms with Gasteiger partial charge in [-0.25, -0.2) is 14.8 Å². The Morgan fingerprint density at radius 2 is 2.11 bits per heavy atom. The maximum atomic E-state index is 12.9. The molecule has 1 atom stereocenters. The number of rotatable bonds is 10. The number of H-pyrrole nitrogens is 1. The number of piperazine rings is 1. The van der Waals surface area contributed by atoms with Crippen LogP contribution in [0.25, 0.3) is 11.0 Å². The van der Waals surface area contributed by atoms with Gasteiger partial charge in [-0.1, -0.05) is 6.08 Å². The molecule has 1 saturated heterocycles. The van der Waals surface area contributed by atoms with Gasteiger partial charge in [0.15, 0.2) is 0 Å². The van der Waals surface area contributed by atoms with E-state index in [9.17, 15) is 4.79 Å². The lowest BCUT2D eigenvalue weighted by Crippen LogP contribution is -2.45. The van der Waals surface area contributed by atoms with Crippen molar-refractivity contribution in [2.45, 2.75) is 39.2 Å². The predicted octanol–water partition coefficient (Wildman–Crippen LogP) is 2.71. The smallest absolute Gasteiger partial charge is 0.317 e. The SMILES string of the molecule is CCN(CCCc1ncnc2[nH]cc(C)c12)C(=O)NC1C=C(OCCN2CCN(C)CC2)C=CC1. The van der Waals surface area contributed by atoms with Crippen LogP contribution in [0.5, 0.6) is 0 Å². The fourth-order valence-electron chi connectivity index (χ4n) is 4.69. The lowest BCUT2D eigenvalue weighted by atomic mass is 10.1. The summed E-state index contributed by atoms with van der Waals surface area (Å²) in [6.45, 7) is 11.4. The number of amides is 2. The van der Waals surface area contributed by atoms with Crippen LogP contribution in [0.2, 0.25) is 0 Å². The van der Waals surface area contributed by atoms with E-state index in [-0.39, 0.29) is 12.1 Å². The van der Waals surface area contributed by atoms with Crippen molar-refractivity contribution in [2.75, 3.05) is 59.5 Å². The number of likely N-dealkylation sites (N-methyl/N-ethyl adjacent to an activating group) is 1. The molecule has 1 fully saturated rings. The molecule has 9 nitrogen and oxygen atoms in total. The number of aromatic nitrogens is 3. The Balaban J connectivity index is 1.22. The fraction of sp³-hybridized carbons (Fsp3) is 0.577. The van der Waals surface area contributed by atoms with E-state index in [2.05, 4.69) is 50.1 Å². The van der Waals surface area contributed by atoms with Gasteiger partial charge in [0.05, 0.1) is 11.7 Å². The lowest BCUT2D eigenvalue weighted by Gasteiger charge is -2.32. The Kier molecular flexibility index (Phi) is 8.76. The van der Waals surface area contributed by atoms with Crippen LogP contribution in [-0.2, 0) is 11.2 Å². The Hall–Kier alpha value is -2.91. The molecule has 2 N–H and O–H groups in total. The first-order valence-electron chi connectivity index (χ1n) is 12.8. The topological polar surface area (TPSA) is 89.6 Å². The molecular weight excluding hydrogens is 442 g/mol. The predicted molar refractivity (Wildman–Crippen MR) is 138 cm³/mol. The minimum atomic E-state index is -0.0517. The monoisotopic (exact) mass is 481 g/mol. The molecule has 1 aliphatic heterocycles. The zero-order valence-corrected chi connectivity index (χ0v) is 21.3. The number of aromatic amines is 1. The van der Waals surface area contributed by atoms with Crippen LogP contribution in [0.3, 0.4) is 0 Å². The van der Waals surface area contributed by atoms with Gasteiger partial charge < -0.3 is 24.8 Å². The summed E-state index contributed by atoms with van der Waals surface area (Å²) in [5, 5.41) is 4.26. The van der Waals surface area contributed by atoms with Gasteiger partial charge in [-0.2, -0.15) is 0 Å². The molecule has 0 spiro atoms. The van der Waals surface area contributed by atoms with Gasteiger partial charge in [0.1, 0.15) is 24.3 Å².